The number of sulfone groups is 1. The lowest BCUT2D eigenvalue weighted by Crippen LogP contribution is -2.09. The molecule has 1 atom stereocenters. The quantitative estimate of drug-likeness (QED) is 0.560. The predicted molar refractivity (Wildman–Crippen MR) is 94.7 cm³/mol. The molecule has 1 aliphatic rings. The number of aromatic nitrogens is 3. The Labute approximate surface area is 150 Å². The molecule has 1 fully saturated rings. The first-order valence-electron chi connectivity index (χ1n) is 7.55. The average Bonchev–Trinajstić information content (AvgIpc) is 3.06. The number of thioether (sulfide) groups is 1. The van der Waals surface area contributed by atoms with Crippen LogP contribution in [0.15, 0.2) is 29.4 Å². The summed E-state index contributed by atoms with van der Waals surface area (Å²) in [7, 11) is -1.05. The Hall–Kier alpha value is -1.25. The first-order valence-corrected chi connectivity index (χ1v) is 10.7. The number of rotatable bonds is 6. The summed E-state index contributed by atoms with van der Waals surface area (Å²) < 4.78 is 30.8. The lowest BCUT2D eigenvalue weighted by molar-refractivity contribution is 0.344. The third kappa shape index (κ3) is 4.23. The van der Waals surface area contributed by atoms with Crippen LogP contribution in [0.3, 0.4) is 0 Å². The molecular formula is C15H18ClN3O3S2. The molecule has 0 spiro atoms. The topological polar surface area (TPSA) is 74.1 Å². The van der Waals surface area contributed by atoms with Crippen LogP contribution in [-0.4, -0.2) is 47.0 Å². The highest BCUT2D eigenvalue weighted by Gasteiger charge is 2.32. The molecular weight excluding hydrogens is 370 g/mol. The van der Waals surface area contributed by atoms with Gasteiger partial charge in [-0.1, -0.05) is 29.4 Å². The monoisotopic (exact) mass is 387 g/mol. The highest BCUT2D eigenvalue weighted by atomic mass is 35.5. The summed E-state index contributed by atoms with van der Waals surface area (Å²) >= 11 is 7.44. The Kier molecular flexibility index (Phi) is 5.36. The summed E-state index contributed by atoms with van der Waals surface area (Å²) in [4.78, 5) is 0. The van der Waals surface area contributed by atoms with E-state index >= 15 is 0 Å². The van der Waals surface area contributed by atoms with E-state index in [1.165, 1.54) is 11.8 Å². The molecule has 1 saturated heterocycles. The molecule has 1 aromatic carbocycles. The lowest BCUT2D eigenvalue weighted by Gasteiger charge is -2.08. The van der Waals surface area contributed by atoms with Crippen LogP contribution in [0.1, 0.15) is 18.2 Å². The molecule has 130 valence electrons. The molecule has 0 N–H and O–H groups in total. The number of hydrogen-bond acceptors (Lipinski definition) is 6. The summed E-state index contributed by atoms with van der Waals surface area (Å²) in [5, 5.41) is 9.76. The summed E-state index contributed by atoms with van der Waals surface area (Å²) in [6.07, 6.45) is 0.622. The Morgan fingerprint density at radius 3 is 2.96 bits per heavy atom. The third-order valence-electron chi connectivity index (χ3n) is 3.85. The maximum atomic E-state index is 11.6. The van der Waals surface area contributed by atoms with Crippen molar-refractivity contribution in [2.24, 2.45) is 7.05 Å². The minimum atomic E-state index is -2.92. The van der Waals surface area contributed by atoms with Gasteiger partial charge in [0.05, 0.1) is 18.1 Å². The van der Waals surface area contributed by atoms with Crippen LogP contribution >= 0.6 is 23.4 Å². The van der Waals surface area contributed by atoms with E-state index in [0.29, 0.717) is 23.8 Å². The van der Waals surface area contributed by atoms with Crippen LogP contribution in [0.5, 0.6) is 5.75 Å². The maximum Gasteiger partial charge on any atom is 0.191 e. The normalized spacial score (nSPS) is 19.5. The van der Waals surface area contributed by atoms with Gasteiger partial charge in [-0.25, -0.2) is 8.42 Å². The van der Waals surface area contributed by atoms with E-state index in [4.69, 9.17) is 16.3 Å². The predicted octanol–water partition coefficient (Wildman–Crippen LogP) is 2.54. The molecule has 0 saturated carbocycles. The molecule has 2 aromatic rings. The lowest BCUT2D eigenvalue weighted by atomic mass is 10.1. The molecule has 0 bridgehead atoms. The smallest absolute Gasteiger partial charge is 0.191 e. The number of nitrogens with zero attached hydrogens (tertiary/aromatic N) is 3. The second-order valence-electron chi connectivity index (χ2n) is 5.65. The van der Waals surface area contributed by atoms with Crippen LogP contribution in [-0.2, 0) is 16.9 Å². The number of benzene rings is 1. The zero-order valence-electron chi connectivity index (χ0n) is 13.2. The van der Waals surface area contributed by atoms with Gasteiger partial charge in [0.15, 0.2) is 15.0 Å². The highest BCUT2D eigenvalue weighted by Crippen LogP contribution is 2.29. The fourth-order valence-electron chi connectivity index (χ4n) is 2.66. The molecule has 0 amide bonds. The molecule has 0 unspecified atom stereocenters. The summed E-state index contributed by atoms with van der Waals surface area (Å²) in [6, 6.07) is 7.27. The first-order chi connectivity index (χ1) is 11.4. The van der Waals surface area contributed by atoms with E-state index in [2.05, 4.69) is 10.2 Å². The molecule has 1 aliphatic heterocycles. The van der Waals surface area contributed by atoms with E-state index in [0.717, 1.165) is 16.7 Å². The van der Waals surface area contributed by atoms with Crippen molar-refractivity contribution in [2.75, 3.05) is 23.9 Å². The molecule has 24 heavy (non-hydrogen) atoms. The van der Waals surface area contributed by atoms with Gasteiger partial charge in [0.1, 0.15) is 11.6 Å². The number of hydrogen-bond donors (Lipinski definition) is 0. The molecule has 0 aliphatic carbocycles. The van der Waals surface area contributed by atoms with Gasteiger partial charge >= 0.3 is 0 Å². The highest BCUT2D eigenvalue weighted by molar-refractivity contribution is 7.99. The minimum Gasteiger partial charge on any atom is -0.493 e. The Balaban J connectivity index is 1.53. The van der Waals surface area contributed by atoms with Crippen LogP contribution in [0.4, 0.5) is 0 Å². The fourth-order valence-corrected chi connectivity index (χ4v) is 5.31. The largest absolute Gasteiger partial charge is 0.493 e. The van der Waals surface area contributed by atoms with Gasteiger partial charge in [-0.3, -0.25) is 0 Å². The number of ether oxygens (including phenoxy) is 1. The van der Waals surface area contributed by atoms with Crippen molar-refractivity contribution in [3.05, 3.63) is 35.1 Å². The summed E-state index contributed by atoms with van der Waals surface area (Å²) in [5.41, 5.74) is 0. The average molecular weight is 388 g/mol. The molecule has 2 heterocycles. The van der Waals surface area contributed by atoms with Crippen molar-refractivity contribution in [3.8, 4) is 5.75 Å². The van der Waals surface area contributed by atoms with Gasteiger partial charge in [-0.15, -0.1) is 10.2 Å². The third-order valence-corrected chi connectivity index (χ3v) is 6.83. The van der Waals surface area contributed by atoms with Crippen molar-refractivity contribution < 1.29 is 13.2 Å². The SMILES string of the molecule is Cn1c(SCCOc2cccc(Cl)c2)nnc1[C@H]1CCS(=O)(=O)C1. The molecule has 0 radical (unpaired) electrons. The number of halogens is 1. The van der Waals surface area contributed by atoms with Crippen molar-refractivity contribution in [1.82, 2.24) is 14.8 Å². The van der Waals surface area contributed by atoms with E-state index in [1.807, 2.05) is 23.7 Å². The van der Waals surface area contributed by atoms with Crippen molar-refractivity contribution >= 4 is 33.2 Å². The van der Waals surface area contributed by atoms with E-state index in [9.17, 15) is 8.42 Å². The van der Waals surface area contributed by atoms with Gasteiger partial charge < -0.3 is 9.30 Å². The standard InChI is InChI=1S/C15H18ClN3O3S2/c1-19-14(11-5-8-24(20,21)10-11)17-18-15(19)23-7-6-22-13-4-2-3-12(16)9-13/h2-4,9,11H,5-8,10H2,1H3/t11-/m0/s1. The van der Waals surface area contributed by atoms with Crippen molar-refractivity contribution in [1.29, 1.82) is 0 Å². The van der Waals surface area contributed by atoms with Crippen LogP contribution in [0.2, 0.25) is 5.02 Å². The second kappa shape index (κ2) is 7.33. The molecule has 1 aromatic heterocycles. The second-order valence-corrected chi connectivity index (χ2v) is 9.38. The summed E-state index contributed by atoms with van der Waals surface area (Å²) in [6.45, 7) is 0.519. The van der Waals surface area contributed by atoms with Crippen LogP contribution in [0, 0.1) is 0 Å². The Morgan fingerprint density at radius 1 is 1.42 bits per heavy atom. The van der Waals surface area contributed by atoms with Gasteiger partial charge in [0, 0.05) is 23.7 Å². The van der Waals surface area contributed by atoms with Gasteiger partial charge in [-0.05, 0) is 24.6 Å². The Morgan fingerprint density at radius 2 is 2.25 bits per heavy atom. The van der Waals surface area contributed by atoms with E-state index in [-0.39, 0.29) is 17.4 Å². The fraction of sp³-hybridized carbons (Fsp3) is 0.467. The van der Waals surface area contributed by atoms with Gasteiger partial charge in [0.25, 0.3) is 0 Å². The van der Waals surface area contributed by atoms with Gasteiger partial charge in [0.2, 0.25) is 0 Å². The maximum absolute atomic E-state index is 11.6. The van der Waals surface area contributed by atoms with E-state index in [1.54, 1.807) is 12.1 Å². The zero-order valence-corrected chi connectivity index (χ0v) is 15.6. The first kappa shape index (κ1) is 17.6. The Bertz CT molecular complexity index is 823. The minimum absolute atomic E-state index is 0.0513. The zero-order chi connectivity index (χ0) is 17.2. The van der Waals surface area contributed by atoms with Crippen LogP contribution in [0.25, 0.3) is 0 Å². The van der Waals surface area contributed by atoms with Crippen LogP contribution < -0.4 is 4.74 Å². The molecule has 6 nitrogen and oxygen atoms in total. The molecule has 9 heteroatoms. The molecule has 3 rings (SSSR count). The summed E-state index contributed by atoms with van der Waals surface area (Å²) in [5.74, 6) is 2.54. The van der Waals surface area contributed by atoms with E-state index < -0.39 is 9.84 Å². The van der Waals surface area contributed by atoms with Crippen molar-refractivity contribution in [2.45, 2.75) is 17.5 Å². The van der Waals surface area contributed by atoms with Gasteiger partial charge in [-0.2, -0.15) is 0 Å². The van der Waals surface area contributed by atoms with Crippen molar-refractivity contribution in [3.63, 3.8) is 0 Å².